The molecule has 2 unspecified atom stereocenters. The first-order valence-electron chi connectivity index (χ1n) is 11.5. The van der Waals surface area contributed by atoms with E-state index in [0.717, 1.165) is 5.56 Å². The van der Waals surface area contributed by atoms with E-state index in [1.54, 1.807) is 24.3 Å². The Hall–Kier alpha value is -4.94. The Labute approximate surface area is 215 Å². The summed E-state index contributed by atoms with van der Waals surface area (Å²) in [5, 5.41) is 30.5. The van der Waals surface area contributed by atoms with Crippen molar-refractivity contribution in [2.45, 2.75) is 12.5 Å². The molecule has 186 valence electrons. The lowest BCUT2D eigenvalue weighted by Crippen LogP contribution is -2.49. The molecule has 1 heterocycles. The van der Waals surface area contributed by atoms with Crippen molar-refractivity contribution >= 4 is 6.09 Å². The molecule has 4 rings (SSSR count). The first kappa shape index (κ1) is 25.2. The van der Waals surface area contributed by atoms with E-state index in [2.05, 4.69) is 18.2 Å². The van der Waals surface area contributed by atoms with Gasteiger partial charge in [-0.25, -0.2) is 4.79 Å². The SMILES string of the molecule is COc1ccc(C2C3CN(C(=O)OCc4ccccc4)CC=C3C(C#N)=C(N)C2(C#N)C#N)cc1OC. The van der Waals surface area contributed by atoms with Gasteiger partial charge in [-0.1, -0.05) is 42.5 Å². The van der Waals surface area contributed by atoms with Crippen molar-refractivity contribution in [2.24, 2.45) is 17.1 Å². The van der Waals surface area contributed by atoms with Crippen LogP contribution in [0.2, 0.25) is 0 Å². The quantitative estimate of drug-likeness (QED) is 0.660. The second kappa shape index (κ2) is 10.4. The van der Waals surface area contributed by atoms with Gasteiger partial charge in [-0.2, -0.15) is 15.8 Å². The third-order valence-electron chi connectivity index (χ3n) is 6.89. The number of hydrogen-bond donors (Lipinski definition) is 1. The normalized spacial score (nSPS) is 19.9. The fourth-order valence-corrected chi connectivity index (χ4v) is 5.06. The fraction of sp³-hybridized carbons (Fsp3) is 0.286. The molecule has 2 aromatic rings. The predicted molar refractivity (Wildman–Crippen MR) is 133 cm³/mol. The zero-order valence-electron chi connectivity index (χ0n) is 20.5. The van der Waals surface area contributed by atoms with Gasteiger partial charge < -0.3 is 24.8 Å². The van der Waals surface area contributed by atoms with Gasteiger partial charge in [0.15, 0.2) is 16.9 Å². The summed E-state index contributed by atoms with van der Waals surface area (Å²) in [5.74, 6) is -0.472. The third kappa shape index (κ3) is 4.30. The van der Waals surface area contributed by atoms with Gasteiger partial charge in [-0.05, 0) is 28.8 Å². The maximum atomic E-state index is 13.0. The van der Waals surface area contributed by atoms with E-state index >= 15 is 0 Å². The van der Waals surface area contributed by atoms with Crippen molar-refractivity contribution in [2.75, 3.05) is 27.3 Å². The molecule has 2 N–H and O–H groups in total. The summed E-state index contributed by atoms with van der Waals surface area (Å²) in [6, 6.07) is 20.7. The molecular formula is C28H25N5O4. The number of rotatable bonds is 5. The monoisotopic (exact) mass is 495 g/mol. The molecule has 2 aromatic carbocycles. The van der Waals surface area contributed by atoms with Crippen molar-refractivity contribution in [1.29, 1.82) is 15.8 Å². The molecule has 0 saturated heterocycles. The summed E-state index contributed by atoms with van der Waals surface area (Å²) < 4.78 is 16.3. The summed E-state index contributed by atoms with van der Waals surface area (Å²) in [6.07, 6.45) is 1.21. The second-order valence-corrected chi connectivity index (χ2v) is 8.74. The van der Waals surface area contributed by atoms with Crippen molar-refractivity contribution < 1.29 is 19.0 Å². The first-order valence-corrected chi connectivity index (χ1v) is 11.5. The van der Waals surface area contributed by atoms with Crippen molar-refractivity contribution in [1.82, 2.24) is 4.90 Å². The van der Waals surface area contributed by atoms with Gasteiger partial charge >= 0.3 is 6.09 Å². The summed E-state index contributed by atoms with van der Waals surface area (Å²) in [4.78, 5) is 14.5. The van der Waals surface area contributed by atoms with E-state index in [9.17, 15) is 20.6 Å². The lowest BCUT2D eigenvalue weighted by Gasteiger charge is -2.45. The van der Waals surface area contributed by atoms with Crippen molar-refractivity contribution in [3.05, 3.63) is 82.6 Å². The molecule has 2 aliphatic rings. The highest BCUT2D eigenvalue weighted by molar-refractivity contribution is 5.69. The van der Waals surface area contributed by atoms with Crippen LogP contribution in [-0.4, -0.2) is 38.3 Å². The highest BCUT2D eigenvalue weighted by Gasteiger charge is 2.55. The Bertz CT molecular complexity index is 1380. The van der Waals surface area contributed by atoms with E-state index in [1.807, 2.05) is 30.3 Å². The molecule has 1 aliphatic carbocycles. The van der Waals surface area contributed by atoms with E-state index < -0.39 is 23.3 Å². The van der Waals surface area contributed by atoms with Crippen LogP contribution < -0.4 is 15.2 Å². The predicted octanol–water partition coefficient (Wildman–Crippen LogP) is 3.77. The Morgan fingerprint density at radius 3 is 2.41 bits per heavy atom. The maximum absolute atomic E-state index is 13.0. The zero-order valence-corrected chi connectivity index (χ0v) is 20.5. The summed E-state index contributed by atoms with van der Waals surface area (Å²) in [7, 11) is 3.00. The highest BCUT2D eigenvalue weighted by atomic mass is 16.6. The lowest BCUT2D eigenvalue weighted by atomic mass is 9.58. The van der Waals surface area contributed by atoms with Gasteiger partial charge in [0, 0.05) is 24.9 Å². The number of hydrogen-bond acceptors (Lipinski definition) is 8. The molecule has 0 saturated carbocycles. The average Bonchev–Trinajstić information content (AvgIpc) is 2.95. The number of ether oxygens (including phenoxy) is 3. The molecule has 37 heavy (non-hydrogen) atoms. The first-order chi connectivity index (χ1) is 17.9. The molecule has 2 atom stereocenters. The van der Waals surface area contributed by atoms with E-state index in [0.29, 0.717) is 22.6 Å². The van der Waals surface area contributed by atoms with Crippen LogP contribution in [0.5, 0.6) is 11.5 Å². The van der Waals surface area contributed by atoms with Gasteiger partial charge in [0.25, 0.3) is 0 Å². The highest BCUT2D eigenvalue weighted by Crippen LogP contribution is 2.54. The lowest BCUT2D eigenvalue weighted by molar-refractivity contribution is 0.0898. The Morgan fingerprint density at radius 2 is 1.78 bits per heavy atom. The van der Waals surface area contributed by atoms with Crippen LogP contribution in [0.4, 0.5) is 4.79 Å². The number of allylic oxidation sites excluding steroid dienone is 2. The number of fused-ring (bicyclic) bond motifs is 1. The minimum atomic E-state index is -1.84. The molecule has 0 radical (unpaired) electrons. The van der Waals surface area contributed by atoms with Crippen LogP contribution in [0.25, 0.3) is 0 Å². The molecule has 9 nitrogen and oxygen atoms in total. The number of benzene rings is 2. The van der Waals surface area contributed by atoms with Gasteiger partial charge in [0.1, 0.15) is 12.7 Å². The average molecular weight is 496 g/mol. The number of amides is 1. The Morgan fingerprint density at radius 1 is 1.08 bits per heavy atom. The zero-order chi connectivity index (χ0) is 26.6. The Balaban J connectivity index is 1.77. The van der Waals surface area contributed by atoms with Crippen LogP contribution in [0.3, 0.4) is 0 Å². The van der Waals surface area contributed by atoms with Gasteiger partial charge in [0.05, 0.1) is 37.6 Å². The molecule has 1 amide bonds. The van der Waals surface area contributed by atoms with Crippen LogP contribution >= 0.6 is 0 Å². The fourth-order valence-electron chi connectivity index (χ4n) is 5.06. The number of carbonyl (C=O) groups excluding carboxylic acids is 1. The number of nitrogens with zero attached hydrogens (tertiary/aromatic N) is 4. The van der Waals surface area contributed by atoms with Crippen molar-refractivity contribution in [3.63, 3.8) is 0 Å². The molecular weight excluding hydrogens is 470 g/mol. The number of nitrogens with two attached hydrogens (primary N) is 1. The molecule has 0 fully saturated rings. The summed E-state index contributed by atoms with van der Waals surface area (Å²) in [5.41, 5.74) is 6.57. The van der Waals surface area contributed by atoms with Crippen LogP contribution in [0, 0.1) is 45.3 Å². The topological polar surface area (TPSA) is 145 Å². The smallest absolute Gasteiger partial charge is 0.410 e. The molecule has 0 aromatic heterocycles. The van der Waals surface area contributed by atoms with Gasteiger partial charge in [-0.3, -0.25) is 0 Å². The minimum Gasteiger partial charge on any atom is -0.493 e. The number of nitriles is 3. The van der Waals surface area contributed by atoms with E-state index in [4.69, 9.17) is 19.9 Å². The largest absolute Gasteiger partial charge is 0.493 e. The molecule has 1 aliphatic heterocycles. The van der Waals surface area contributed by atoms with Crippen LogP contribution in [-0.2, 0) is 11.3 Å². The molecule has 0 bridgehead atoms. The number of carbonyl (C=O) groups is 1. The summed E-state index contributed by atoms with van der Waals surface area (Å²) in [6.45, 7) is 0.428. The van der Waals surface area contributed by atoms with Crippen LogP contribution in [0.1, 0.15) is 17.0 Å². The molecule has 9 heteroatoms. The maximum Gasteiger partial charge on any atom is 0.410 e. The van der Waals surface area contributed by atoms with Gasteiger partial charge in [-0.15, -0.1) is 0 Å². The van der Waals surface area contributed by atoms with Crippen molar-refractivity contribution in [3.8, 4) is 29.7 Å². The standard InChI is InChI=1S/C28H25N5O4/c1-35-23-9-8-19(12-24(23)36-2)25-22-14-33(27(34)37-15-18-6-4-3-5-7-18)11-10-20(22)21(13-29)26(32)28(25,16-30)17-31/h3-10,12,22,25H,11,14-15,32H2,1-2H3. The minimum absolute atomic E-state index is 0.0950. The van der Waals surface area contributed by atoms with E-state index in [-0.39, 0.29) is 31.0 Å². The van der Waals surface area contributed by atoms with Crippen LogP contribution in [0.15, 0.2) is 71.5 Å². The third-order valence-corrected chi connectivity index (χ3v) is 6.89. The number of methoxy groups -OCH3 is 2. The summed E-state index contributed by atoms with van der Waals surface area (Å²) >= 11 is 0. The Kier molecular flexibility index (Phi) is 7.04. The second-order valence-electron chi connectivity index (χ2n) is 8.74. The molecule has 0 spiro atoms. The van der Waals surface area contributed by atoms with Gasteiger partial charge in [0.2, 0.25) is 0 Å². The van der Waals surface area contributed by atoms with E-state index in [1.165, 1.54) is 19.1 Å².